The first-order chi connectivity index (χ1) is 6.27. The Balaban J connectivity index is 2.17. The second-order valence-electron chi connectivity index (χ2n) is 4.01. The van der Waals surface area contributed by atoms with Crippen LogP contribution in [-0.4, -0.2) is 19.8 Å². The molecule has 0 aromatic rings. The van der Waals surface area contributed by atoms with Crippen molar-refractivity contribution in [3.05, 3.63) is 12.3 Å². The molecule has 1 fully saturated rings. The normalized spacial score (nSPS) is 22.0. The Kier molecular flexibility index (Phi) is 4.29. The van der Waals surface area contributed by atoms with Crippen molar-refractivity contribution in [2.24, 2.45) is 5.41 Å². The van der Waals surface area contributed by atoms with Crippen LogP contribution in [0.25, 0.3) is 0 Å². The third-order valence-corrected chi connectivity index (χ3v) is 2.76. The summed E-state index contributed by atoms with van der Waals surface area (Å²) in [7, 11) is 0. The lowest BCUT2D eigenvalue weighted by Crippen LogP contribution is -2.27. The molecule has 0 bridgehead atoms. The quantitative estimate of drug-likeness (QED) is 0.494. The second-order valence-corrected chi connectivity index (χ2v) is 4.01. The smallest absolute Gasteiger partial charge is 0.0878 e. The van der Waals surface area contributed by atoms with Crippen LogP contribution in [0.1, 0.15) is 33.1 Å². The van der Waals surface area contributed by atoms with Gasteiger partial charge in [-0.1, -0.05) is 13.0 Å². The van der Waals surface area contributed by atoms with E-state index in [4.69, 9.17) is 9.47 Å². The van der Waals surface area contributed by atoms with E-state index >= 15 is 0 Å². The highest BCUT2D eigenvalue weighted by Gasteiger charge is 2.26. The molecule has 0 spiro atoms. The summed E-state index contributed by atoms with van der Waals surface area (Å²) in [5.74, 6) is 0. The van der Waals surface area contributed by atoms with Gasteiger partial charge in [-0.05, 0) is 31.6 Å². The molecule has 0 unspecified atom stereocenters. The third kappa shape index (κ3) is 3.81. The number of ether oxygens (including phenoxy) is 2. The van der Waals surface area contributed by atoms with Gasteiger partial charge in [-0.25, -0.2) is 0 Å². The minimum Gasteiger partial charge on any atom is -0.502 e. The zero-order chi connectivity index (χ0) is 9.57. The van der Waals surface area contributed by atoms with Gasteiger partial charge in [0.05, 0.1) is 12.9 Å². The van der Waals surface area contributed by atoms with Crippen molar-refractivity contribution in [1.29, 1.82) is 0 Å². The zero-order valence-corrected chi connectivity index (χ0v) is 8.71. The van der Waals surface area contributed by atoms with Crippen LogP contribution < -0.4 is 0 Å². The van der Waals surface area contributed by atoms with E-state index in [1.807, 2.05) is 13.0 Å². The zero-order valence-electron chi connectivity index (χ0n) is 8.71. The van der Waals surface area contributed by atoms with E-state index in [0.29, 0.717) is 5.41 Å². The lowest BCUT2D eigenvalue weighted by atomic mass is 9.80. The highest BCUT2D eigenvalue weighted by molar-refractivity contribution is 4.77. The maximum absolute atomic E-state index is 5.34. The molecule has 0 atom stereocenters. The maximum atomic E-state index is 5.34. The summed E-state index contributed by atoms with van der Waals surface area (Å²) >= 11 is 0. The van der Waals surface area contributed by atoms with Crippen LogP contribution in [0.5, 0.6) is 0 Å². The Labute approximate surface area is 80.9 Å². The average Bonchev–Trinajstić information content (AvgIpc) is 2.14. The summed E-state index contributed by atoms with van der Waals surface area (Å²) in [5.41, 5.74) is 0.444. The SMILES string of the molecule is C/C=C/OCCC1(C)CCOCC1. The Morgan fingerprint density at radius 2 is 2.08 bits per heavy atom. The maximum Gasteiger partial charge on any atom is 0.0878 e. The molecule has 2 heteroatoms. The molecule has 0 saturated carbocycles. The lowest BCUT2D eigenvalue weighted by Gasteiger charge is -2.33. The monoisotopic (exact) mass is 184 g/mol. The average molecular weight is 184 g/mol. The van der Waals surface area contributed by atoms with Gasteiger partial charge in [0, 0.05) is 13.2 Å². The van der Waals surface area contributed by atoms with E-state index in [2.05, 4.69) is 6.92 Å². The number of hydrogen-bond acceptors (Lipinski definition) is 2. The van der Waals surface area contributed by atoms with Crippen molar-refractivity contribution < 1.29 is 9.47 Å². The van der Waals surface area contributed by atoms with Crippen LogP contribution >= 0.6 is 0 Å². The molecule has 0 amide bonds. The van der Waals surface area contributed by atoms with Crippen LogP contribution in [0.4, 0.5) is 0 Å². The van der Waals surface area contributed by atoms with Crippen LogP contribution in [0, 0.1) is 5.41 Å². The molecule has 0 radical (unpaired) electrons. The number of rotatable bonds is 4. The third-order valence-electron chi connectivity index (χ3n) is 2.76. The molecular weight excluding hydrogens is 164 g/mol. The molecule has 13 heavy (non-hydrogen) atoms. The predicted octanol–water partition coefficient (Wildman–Crippen LogP) is 2.74. The summed E-state index contributed by atoms with van der Waals surface area (Å²) < 4.78 is 10.7. The standard InChI is InChI=1S/C11H20O2/c1-3-7-12-8-4-11(2)5-9-13-10-6-11/h3,7H,4-6,8-10H2,1-2H3/b7-3+. The van der Waals surface area contributed by atoms with Gasteiger partial charge < -0.3 is 9.47 Å². The Morgan fingerprint density at radius 3 is 2.69 bits per heavy atom. The fourth-order valence-electron chi connectivity index (χ4n) is 1.58. The Morgan fingerprint density at radius 1 is 1.38 bits per heavy atom. The largest absolute Gasteiger partial charge is 0.502 e. The van der Waals surface area contributed by atoms with Crippen molar-refractivity contribution in [2.45, 2.75) is 33.1 Å². The molecular formula is C11H20O2. The highest BCUT2D eigenvalue weighted by Crippen LogP contribution is 2.33. The molecule has 76 valence electrons. The predicted molar refractivity (Wildman–Crippen MR) is 53.5 cm³/mol. The Hall–Kier alpha value is -0.500. The highest BCUT2D eigenvalue weighted by atomic mass is 16.5. The van der Waals surface area contributed by atoms with E-state index in [1.165, 1.54) is 12.8 Å². The first kappa shape index (κ1) is 10.6. The van der Waals surface area contributed by atoms with Gasteiger partial charge >= 0.3 is 0 Å². The molecule has 1 heterocycles. The van der Waals surface area contributed by atoms with E-state index < -0.39 is 0 Å². The topological polar surface area (TPSA) is 18.5 Å². The van der Waals surface area contributed by atoms with Crippen LogP contribution in [0.15, 0.2) is 12.3 Å². The molecule has 1 rings (SSSR count). The molecule has 0 aromatic carbocycles. The van der Waals surface area contributed by atoms with Gasteiger partial charge in [0.2, 0.25) is 0 Å². The summed E-state index contributed by atoms with van der Waals surface area (Å²) in [6.07, 6.45) is 7.17. The summed E-state index contributed by atoms with van der Waals surface area (Å²) in [6.45, 7) is 6.96. The molecule has 1 aliphatic heterocycles. The number of hydrogen-bond donors (Lipinski definition) is 0. The minimum atomic E-state index is 0.444. The van der Waals surface area contributed by atoms with Crippen molar-refractivity contribution in [3.63, 3.8) is 0 Å². The van der Waals surface area contributed by atoms with Crippen molar-refractivity contribution >= 4 is 0 Å². The molecule has 2 nitrogen and oxygen atoms in total. The summed E-state index contributed by atoms with van der Waals surface area (Å²) in [5, 5.41) is 0. The van der Waals surface area contributed by atoms with Crippen molar-refractivity contribution in [3.8, 4) is 0 Å². The van der Waals surface area contributed by atoms with Crippen LogP contribution in [0.2, 0.25) is 0 Å². The molecule has 0 aromatic heterocycles. The summed E-state index contributed by atoms with van der Waals surface area (Å²) in [4.78, 5) is 0. The van der Waals surface area contributed by atoms with E-state index in [9.17, 15) is 0 Å². The lowest BCUT2D eigenvalue weighted by molar-refractivity contribution is 0.0108. The van der Waals surface area contributed by atoms with Gasteiger partial charge in [-0.3, -0.25) is 0 Å². The summed E-state index contributed by atoms with van der Waals surface area (Å²) in [6, 6.07) is 0. The van der Waals surface area contributed by atoms with E-state index in [-0.39, 0.29) is 0 Å². The molecule has 1 saturated heterocycles. The van der Waals surface area contributed by atoms with Crippen molar-refractivity contribution in [2.75, 3.05) is 19.8 Å². The van der Waals surface area contributed by atoms with Gasteiger partial charge in [0.25, 0.3) is 0 Å². The van der Waals surface area contributed by atoms with E-state index in [1.54, 1.807) is 6.26 Å². The van der Waals surface area contributed by atoms with Gasteiger partial charge in [0.1, 0.15) is 0 Å². The van der Waals surface area contributed by atoms with Crippen LogP contribution in [-0.2, 0) is 9.47 Å². The second kappa shape index (κ2) is 5.28. The fourth-order valence-corrected chi connectivity index (χ4v) is 1.58. The number of allylic oxidation sites excluding steroid dienone is 1. The van der Waals surface area contributed by atoms with Gasteiger partial charge in [0.15, 0.2) is 0 Å². The van der Waals surface area contributed by atoms with E-state index in [0.717, 1.165) is 26.2 Å². The minimum absolute atomic E-state index is 0.444. The first-order valence-corrected chi connectivity index (χ1v) is 5.07. The molecule has 0 N–H and O–H groups in total. The Bertz CT molecular complexity index is 157. The van der Waals surface area contributed by atoms with Crippen LogP contribution in [0.3, 0.4) is 0 Å². The fraction of sp³-hybridized carbons (Fsp3) is 0.818. The molecule has 1 aliphatic rings. The van der Waals surface area contributed by atoms with Crippen molar-refractivity contribution in [1.82, 2.24) is 0 Å². The van der Waals surface area contributed by atoms with Gasteiger partial charge in [-0.2, -0.15) is 0 Å². The molecule has 0 aliphatic carbocycles. The van der Waals surface area contributed by atoms with Gasteiger partial charge in [-0.15, -0.1) is 0 Å². The first-order valence-electron chi connectivity index (χ1n) is 5.07.